The van der Waals surface area contributed by atoms with Crippen LogP contribution in [0.3, 0.4) is 0 Å². The summed E-state index contributed by atoms with van der Waals surface area (Å²) >= 11 is 12.4. The number of aromatic nitrogens is 1. The van der Waals surface area contributed by atoms with E-state index in [1.54, 1.807) is 6.07 Å². The molecule has 1 aromatic heterocycles. The molecule has 2 heterocycles. The van der Waals surface area contributed by atoms with Crippen molar-refractivity contribution in [1.29, 1.82) is 0 Å². The normalized spacial score (nSPS) is 18.2. The molecule has 3 nitrogen and oxygen atoms in total. The fourth-order valence-electron chi connectivity index (χ4n) is 2.44. The first-order valence-corrected chi connectivity index (χ1v) is 7.09. The minimum Gasteiger partial charge on any atom is -0.369 e. The van der Waals surface area contributed by atoms with Crippen LogP contribution in [0.15, 0.2) is 6.07 Å². The Morgan fingerprint density at radius 2 is 2.11 bits per heavy atom. The van der Waals surface area contributed by atoms with Crippen LogP contribution in [0, 0.1) is 0 Å². The fraction of sp³-hybridized carbons (Fsp3) is 0.615. The predicted molar refractivity (Wildman–Crippen MR) is 79.1 cm³/mol. The van der Waals surface area contributed by atoms with Crippen LogP contribution in [0.25, 0.3) is 0 Å². The molecule has 2 rings (SSSR count). The lowest BCUT2D eigenvalue weighted by atomic mass is 10.0. The monoisotopic (exact) mass is 287 g/mol. The van der Waals surface area contributed by atoms with Crippen LogP contribution in [0.4, 0.5) is 11.6 Å². The molecule has 0 unspecified atom stereocenters. The Hall–Kier alpha value is -0.670. The summed E-state index contributed by atoms with van der Waals surface area (Å²) in [5.41, 5.74) is 0.105. The lowest BCUT2D eigenvalue weighted by Gasteiger charge is -2.33. The van der Waals surface area contributed by atoms with Crippen LogP contribution >= 0.6 is 23.2 Å². The molecular formula is C13H19Cl2N3. The van der Waals surface area contributed by atoms with Crippen molar-refractivity contribution < 1.29 is 0 Å². The van der Waals surface area contributed by atoms with Crippen LogP contribution < -0.4 is 10.2 Å². The molecule has 1 N–H and O–H groups in total. The standard InChI is InChI=1S/C13H19Cl2N3/c1-4-16-11-9(14)8-10(15)12(17-11)18-7-5-6-13(18,2)3/h8H,4-7H2,1-3H3,(H,16,17). The van der Waals surface area contributed by atoms with E-state index in [0.717, 1.165) is 25.3 Å². The Morgan fingerprint density at radius 1 is 1.39 bits per heavy atom. The van der Waals surface area contributed by atoms with E-state index in [0.29, 0.717) is 15.9 Å². The van der Waals surface area contributed by atoms with Gasteiger partial charge in [0.1, 0.15) is 11.6 Å². The molecule has 100 valence electrons. The van der Waals surface area contributed by atoms with Gasteiger partial charge >= 0.3 is 0 Å². The summed E-state index contributed by atoms with van der Waals surface area (Å²) in [6.07, 6.45) is 2.33. The number of nitrogens with zero attached hydrogens (tertiary/aromatic N) is 2. The second-order valence-electron chi connectivity index (χ2n) is 5.22. The molecule has 0 bridgehead atoms. The Bertz CT molecular complexity index is 446. The van der Waals surface area contributed by atoms with Crippen LogP contribution in [-0.2, 0) is 0 Å². The van der Waals surface area contributed by atoms with E-state index < -0.39 is 0 Å². The van der Waals surface area contributed by atoms with Crippen molar-refractivity contribution in [3.8, 4) is 0 Å². The largest absolute Gasteiger partial charge is 0.369 e. The Labute approximate surface area is 118 Å². The van der Waals surface area contributed by atoms with E-state index in [2.05, 4.69) is 29.0 Å². The summed E-state index contributed by atoms with van der Waals surface area (Å²) in [7, 11) is 0. The fourth-order valence-corrected chi connectivity index (χ4v) is 2.96. The molecule has 18 heavy (non-hydrogen) atoms. The van der Waals surface area contributed by atoms with Crippen molar-refractivity contribution >= 4 is 34.8 Å². The second-order valence-corrected chi connectivity index (χ2v) is 6.04. The van der Waals surface area contributed by atoms with Gasteiger partial charge in [0.05, 0.1) is 10.0 Å². The molecular weight excluding hydrogens is 269 g/mol. The zero-order chi connectivity index (χ0) is 13.3. The molecule has 0 saturated carbocycles. The third-order valence-corrected chi connectivity index (χ3v) is 3.98. The first-order chi connectivity index (χ1) is 8.45. The number of anilines is 2. The van der Waals surface area contributed by atoms with E-state index in [1.807, 2.05) is 6.92 Å². The van der Waals surface area contributed by atoms with Crippen molar-refractivity contribution in [1.82, 2.24) is 4.98 Å². The SMILES string of the molecule is CCNc1nc(N2CCCC2(C)C)c(Cl)cc1Cl. The Kier molecular flexibility index (Phi) is 3.93. The van der Waals surface area contributed by atoms with Crippen LogP contribution in [0.2, 0.25) is 10.0 Å². The number of halogens is 2. The number of pyridine rings is 1. The van der Waals surface area contributed by atoms with Gasteiger partial charge in [0.25, 0.3) is 0 Å². The Balaban J connectivity index is 2.41. The number of hydrogen-bond acceptors (Lipinski definition) is 3. The van der Waals surface area contributed by atoms with Gasteiger partial charge in [-0.2, -0.15) is 0 Å². The summed E-state index contributed by atoms with van der Waals surface area (Å²) in [6, 6.07) is 1.78. The van der Waals surface area contributed by atoms with Gasteiger partial charge in [0, 0.05) is 18.6 Å². The smallest absolute Gasteiger partial charge is 0.150 e. The van der Waals surface area contributed by atoms with Gasteiger partial charge in [0.15, 0.2) is 0 Å². The first kappa shape index (κ1) is 13.8. The summed E-state index contributed by atoms with van der Waals surface area (Å²) in [6.45, 7) is 8.25. The van der Waals surface area contributed by atoms with E-state index in [4.69, 9.17) is 23.2 Å². The molecule has 0 spiro atoms. The van der Waals surface area contributed by atoms with Crippen molar-refractivity contribution in [3.05, 3.63) is 16.1 Å². The van der Waals surface area contributed by atoms with Gasteiger partial charge in [-0.05, 0) is 39.7 Å². The predicted octanol–water partition coefficient (Wildman–Crippen LogP) is 4.20. The highest BCUT2D eigenvalue weighted by Crippen LogP contribution is 2.38. The van der Waals surface area contributed by atoms with E-state index in [1.165, 1.54) is 6.42 Å². The molecule has 0 atom stereocenters. The summed E-state index contributed by atoms with van der Waals surface area (Å²) in [5, 5.41) is 4.36. The molecule has 5 heteroatoms. The highest BCUT2D eigenvalue weighted by atomic mass is 35.5. The highest BCUT2D eigenvalue weighted by molar-refractivity contribution is 6.37. The molecule has 1 saturated heterocycles. The van der Waals surface area contributed by atoms with E-state index in [-0.39, 0.29) is 5.54 Å². The summed E-state index contributed by atoms with van der Waals surface area (Å²) < 4.78 is 0. The molecule has 1 aliphatic heterocycles. The number of rotatable bonds is 3. The molecule has 0 radical (unpaired) electrons. The highest BCUT2D eigenvalue weighted by Gasteiger charge is 2.34. The maximum Gasteiger partial charge on any atom is 0.150 e. The first-order valence-electron chi connectivity index (χ1n) is 6.33. The van der Waals surface area contributed by atoms with Gasteiger partial charge in [-0.25, -0.2) is 4.98 Å². The zero-order valence-corrected chi connectivity index (χ0v) is 12.6. The van der Waals surface area contributed by atoms with Gasteiger partial charge in [-0.1, -0.05) is 23.2 Å². The minimum absolute atomic E-state index is 0.105. The van der Waals surface area contributed by atoms with Gasteiger partial charge in [-0.15, -0.1) is 0 Å². The third-order valence-electron chi connectivity index (χ3n) is 3.41. The summed E-state index contributed by atoms with van der Waals surface area (Å²) in [5.74, 6) is 1.54. The lowest BCUT2D eigenvalue weighted by Crippen LogP contribution is -2.39. The molecule has 0 aromatic carbocycles. The maximum absolute atomic E-state index is 6.29. The average molecular weight is 288 g/mol. The third kappa shape index (κ3) is 2.52. The van der Waals surface area contributed by atoms with E-state index >= 15 is 0 Å². The van der Waals surface area contributed by atoms with Crippen LogP contribution in [0.5, 0.6) is 0 Å². The van der Waals surface area contributed by atoms with Gasteiger partial charge < -0.3 is 10.2 Å². The average Bonchev–Trinajstić information content (AvgIpc) is 2.62. The molecule has 0 amide bonds. The van der Waals surface area contributed by atoms with Gasteiger partial charge in [0.2, 0.25) is 0 Å². The number of hydrogen-bond donors (Lipinski definition) is 1. The summed E-state index contributed by atoms with van der Waals surface area (Å²) in [4.78, 5) is 6.86. The molecule has 1 fully saturated rings. The minimum atomic E-state index is 0.105. The van der Waals surface area contributed by atoms with Crippen molar-refractivity contribution in [2.45, 2.75) is 39.2 Å². The van der Waals surface area contributed by atoms with Gasteiger partial charge in [-0.3, -0.25) is 0 Å². The van der Waals surface area contributed by atoms with Crippen LogP contribution in [0.1, 0.15) is 33.6 Å². The topological polar surface area (TPSA) is 28.2 Å². The van der Waals surface area contributed by atoms with E-state index in [9.17, 15) is 0 Å². The Morgan fingerprint density at radius 3 is 2.67 bits per heavy atom. The maximum atomic E-state index is 6.29. The second kappa shape index (κ2) is 5.14. The molecule has 0 aliphatic carbocycles. The van der Waals surface area contributed by atoms with Crippen molar-refractivity contribution in [2.75, 3.05) is 23.3 Å². The number of nitrogens with one attached hydrogen (secondary N) is 1. The lowest BCUT2D eigenvalue weighted by molar-refractivity contribution is 0.514. The van der Waals surface area contributed by atoms with Crippen LogP contribution in [-0.4, -0.2) is 23.6 Å². The quantitative estimate of drug-likeness (QED) is 0.903. The molecule has 1 aromatic rings. The van der Waals surface area contributed by atoms with Crippen molar-refractivity contribution in [2.24, 2.45) is 0 Å². The molecule has 1 aliphatic rings. The van der Waals surface area contributed by atoms with Crippen molar-refractivity contribution in [3.63, 3.8) is 0 Å². The zero-order valence-electron chi connectivity index (χ0n) is 11.1.